The Balaban J connectivity index is 0.000000274. The molecule has 2 saturated heterocycles. The molecular weight excluding hydrogens is 507 g/mol. The van der Waals surface area contributed by atoms with Crippen molar-refractivity contribution in [3.05, 3.63) is 36.8 Å². The van der Waals surface area contributed by atoms with Gasteiger partial charge in [-0.2, -0.15) is 13.2 Å². The maximum Gasteiger partial charge on any atom is 0.418 e. The van der Waals surface area contributed by atoms with Crippen LogP contribution in [-0.4, -0.2) is 77.9 Å². The Labute approximate surface area is 230 Å². The summed E-state index contributed by atoms with van der Waals surface area (Å²) in [6, 6.07) is 1.14. The topological polar surface area (TPSA) is 61.3 Å². The van der Waals surface area contributed by atoms with Crippen molar-refractivity contribution in [2.75, 3.05) is 40.3 Å². The molecule has 216 valence electrons. The lowest BCUT2D eigenvalue weighted by Crippen LogP contribution is -2.71. The smallest absolute Gasteiger partial charge is 0.418 e. The van der Waals surface area contributed by atoms with Crippen LogP contribution in [-0.2, 0) is 6.18 Å². The largest absolute Gasteiger partial charge is 0.489 e. The zero-order valence-electron chi connectivity index (χ0n) is 23.6. The number of rotatable bonds is 6. The molecule has 0 unspecified atom stereocenters. The molecule has 2 saturated carbocycles. The number of halogens is 3. The number of alkyl halides is 3. The number of hydrogen-bond acceptors (Lipinski definition) is 4. The number of ether oxygens (including phenoxy) is 1. The Hall–Kier alpha value is -2.78. The van der Waals surface area contributed by atoms with Gasteiger partial charge in [-0.3, -0.25) is 9.98 Å². The summed E-state index contributed by atoms with van der Waals surface area (Å²) in [5.74, 6) is 2.06. The predicted molar refractivity (Wildman–Crippen MR) is 146 cm³/mol. The number of aliphatic imine (C=N–C) groups is 1. The number of aromatic nitrogens is 1. The second-order valence-electron chi connectivity index (χ2n) is 12.1. The number of amidine groups is 1. The molecule has 4 aliphatic rings. The predicted octanol–water partition coefficient (Wildman–Crippen LogP) is 6.08. The van der Waals surface area contributed by atoms with Crippen molar-refractivity contribution < 1.29 is 22.7 Å². The van der Waals surface area contributed by atoms with E-state index in [1.165, 1.54) is 31.9 Å². The lowest BCUT2D eigenvalue weighted by molar-refractivity contribution is -0.138. The highest BCUT2D eigenvalue weighted by Gasteiger charge is 2.58. The van der Waals surface area contributed by atoms with Crippen molar-refractivity contribution in [2.24, 2.45) is 21.7 Å². The van der Waals surface area contributed by atoms with Gasteiger partial charge in [0.15, 0.2) is 0 Å². The van der Waals surface area contributed by atoms with Gasteiger partial charge in [-0.05, 0) is 50.3 Å². The van der Waals surface area contributed by atoms with Gasteiger partial charge in [0.1, 0.15) is 17.7 Å². The molecule has 2 spiro atoms. The number of carbonyl (C=O) groups excluding carboxylic acids is 1. The second-order valence-corrected chi connectivity index (χ2v) is 12.1. The quantitative estimate of drug-likeness (QED) is 0.319. The molecule has 0 atom stereocenters. The van der Waals surface area contributed by atoms with Gasteiger partial charge in [0.2, 0.25) is 0 Å². The van der Waals surface area contributed by atoms with Crippen LogP contribution in [0.15, 0.2) is 36.2 Å². The average molecular weight is 550 g/mol. The van der Waals surface area contributed by atoms with Gasteiger partial charge in [0.05, 0.1) is 11.8 Å². The van der Waals surface area contributed by atoms with Crippen LogP contribution >= 0.6 is 0 Å². The number of unbranched alkanes of at least 4 members (excludes halogenated alkanes) is 1. The number of carbonyl (C=O) groups is 1. The van der Waals surface area contributed by atoms with Crippen LogP contribution in [0.25, 0.3) is 0 Å². The van der Waals surface area contributed by atoms with E-state index in [2.05, 4.69) is 30.4 Å². The van der Waals surface area contributed by atoms with E-state index in [1.807, 2.05) is 28.8 Å². The molecule has 0 bridgehead atoms. The fourth-order valence-corrected chi connectivity index (χ4v) is 6.64. The minimum atomic E-state index is -4.42. The molecule has 0 radical (unpaired) electrons. The Bertz CT molecular complexity index is 1050. The summed E-state index contributed by atoms with van der Waals surface area (Å²) in [6.07, 6.45) is 6.87. The van der Waals surface area contributed by atoms with Crippen molar-refractivity contribution in [1.29, 1.82) is 0 Å². The third kappa shape index (κ3) is 6.52. The van der Waals surface area contributed by atoms with Crippen molar-refractivity contribution in [1.82, 2.24) is 19.7 Å². The maximum atomic E-state index is 12.8. The molecule has 7 nitrogen and oxygen atoms in total. The molecule has 0 N–H and O–H groups in total. The molecule has 1 aromatic rings. The Morgan fingerprint density at radius 3 is 2.26 bits per heavy atom. The van der Waals surface area contributed by atoms with Crippen LogP contribution < -0.4 is 4.74 Å². The van der Waals surface area contributed by atoms with E-state index in [1.54, 1.807) is 6.20 Å². The van der Waals surface area contributed by atoms with E-state index in [0.29, 0.717) is 5.41 Å². The van der Waals surface area contributed by atoms with E-state index in [9.17, 15) is 18.0 Å². The highest BCUT2D eigenvalue weighted by atomic mass is 19.4. The van der Waals surface area contributed by atoms with Crippen molar-refractivity contribution in [3.8, 4) is 5.75 Å². The Kier molecular flexibility index (Phi) is 8.52. The maximum absolute atomic E-state index is 12.8. The van der Waals surface area contributed by atoms with Gasteiger partial charge < -0.3 is 19.4 Å². The molecule has 4 fully saturated rings. The Morgan fingerprint density at radius 2 is 1.77 bits per heavy atom. The zero-order valence-corrected chi connectivity index (χ0v) is 23.6. The summed E-state index contributed by atoms with van der Waals surface area (Å²) in [7, 11) is 3.80. The highest BCUT2D eigenvalue weighted by molar-refractivity contribution is 5.82. The summed E-state index contributed by atoms with van der Waals surface area (Å²) < 4.78 is 44.0. The van der Waals surface area contributed by atoms with Crippen molar-refractivity contribution in [2.45, 2.75) is 71.1 Å². The standard InChI is InChI=1S/C20H24F3N3O2.C9H18N2/c1-13-3-18(4-13)9-25(10-18)17(27)26-11-19(12-26)5-16(6-19)28-15-2-14(7-24-8-15)20(21,22)23;1-5-7-8-9(10-3)11(4)6-2/h2,7-8,13,16H,3-6,9-12H2,1H3;6H,2,5,7-8H2,1,3-4H3. The van der Waals surface area contributed by atoms with Crippen molar-refractivity contribution >= 4 is 11.9 Å². The van der Waals surface area contributed by atoms with Gasteiger partial charge in [0.25, 0.3) is 0 Å². The number of hydrogen-bond donors (Lipinski definition) is 0. The normalized spacial score (nSPS) is 21.7. The lowest BCUT2D eigenvalue weighted by atomic mass is 9.58. The van der Waals surface area contributed by atoms with E-state index in [0.717, 1.165) is 69.5 Å². The zero-order chi connectivity index (χ0) is 28.4. The van der Waals surface area contributed by atoms with E-state index in [4.69, 9.17) is 4.74 Å². The third-order valence-corrected chi connectivity index (χ3v) is 8.57. The molecule has 2 amide bonds. The fraction of sp³-hybridized carbons (Fsp3) is 0.690. The van der Waals surface area contributed by atoms with Crippen LogP contribution in [0.1, 0.15) is 64.4 Å². The van der Waals surface area contributed by atoms with Gasteiger partial charge >= 0.3 is 12.2 Å². The minimum absolute atomic E-state index is 0.0862. The summed E-state index contributed by atoms with van der Waals surface area (Å²) in [6.45, 7) is 11.4. The summed E-state index contributed by atoms with van der Waals surface area (Å²) in [4.78, 5) is 26.2. The first-order chi connectivity index (χ1) is 18.4. The van der Waals surface area contributed by atoms with Crippen LogP contribution in [0, 0.1) is 16.7 Å². The van der Waals surface area contributed by atoms with Gasteiger partial charge in [-0.1, -0.05) is 26.8 Å². The molecule has 5 rings (SSSR count). The molecular formula is C29H42F3N5O2. The van der Waals surface area contributed by atoms with Crippen LogP contribution in [0.2, 0.25) is 0 Å². The molecule has 39 heavy (non-hydrogen) atoms. The number of likely N-dealkylation sites (tertiary alicyclic amines) is 2. The van der Waals surface area contributed by atoms with Crippen LogP contribution in [0.5, 0.6) is 5.75 Å². The highest BCUT2D eigenvalue weighted by Crippen LogP contribution is 2.54. The molecule has 3 heterocycles. The van der Waals surface area contributed by atoms with Gasteiger partial charge in [-0.15, -0.1) is 0 Å². The molecule has 2 aliphatic carbocycles. The summed E-state index contributed by atoms with van der Waals surface area (Å²) in [5.41, 5.74) is -0.303. The van der Waals surface area contributed by atoms with E-state index >= 15 is 0 Å². The number of amides is 2. The average Bonchev–Trinajstić information content (AvgIpc) is 2.81. The summed E-state index contributed by atoms with van der Waals surface area (Å²) >= 11 is 0. The van der Waals surface area contributed by atoms with Gasteiger partial charge in [-0.25, -0.2) is 4.79 Å². The van der Waals surface area contributed by atoms with Crippen LogP contribution in [0.3, 0.4) is 0 Å². The third-order valence-electron chi connectivity index (χ3n) is 8.57. The fourth-order valence-electron chi connectivity index (χ4n) is 6.64. The number of nitrogens with zero attached hydrogens (tertiary/aromatic N) is 5. The lowest BCUT2D eigenvalue weighted by Gasteiger charge is -2.63. The summed E-state index contributed by atoms with van der Waals surface area (Å²) in [5, 5.41) is 0. The first-order valence-corrected chi connectivity index (χ1v) is 14.0. The van der Waals surface area contributed by atoms with Crippen LogP contribution in [0.4, 0.5) is 18.0 Å². The monoisotopic (exact) mass is 549 g/mol. The molecule has 2 aliphatic heterocycles. The van der Waals surface area contributed by atoms with Gasteiger partial charge in [0, 0.05) is 63.7 Å². The first-order valence-electron chi connectivity index (χ1n) is 14.0. The minimum Gasteiger partial charge on any atom is -0.489 e. The number of urea groups is 1. The van der Waals surface area contributed by atoms with E-state index in [-0.39, 0.29) is 23.3 Å². The second kappa shape index (κ2) is 11.4. The molecule has 0 aromatic carbocycles. The van der Waals surface area contributed by atoms with E-state index < -0.39 is 11.7 Å². The van der Waals surface area contributed by atoms with Crippen molar-refractivity contribution in [3.63, 3.8) is 0 Å². The number of pyridine rings is 1. The molecule has 10 heteroatoms. The molecule has 1 aromatic heterocycles. The SMILES string of the molecule is C=CN(C)C(CCCC)=NC.CC1CC2(C1)CN(C(=O)N1CC3(CC(Oc4cncc(C(F)(F)F)c4)C3)C1)C2. The Morgan fingerprint density at radius 1 is 1.18 bits per heavy atom. The first kappa shape index (κ1) is 29.2.